The Labute approximate surface area is 141 Å². The Morgan fingerprint density at radius 2 is 2.00 bits per heavy atom. The van der Waals surface area contributed by atoms with Crippen molar-refractivity contribution in [1.29, 1.82) is 0 Å². The van der Waals surface area contributed by atoms with Gasteiger partial charge in [0.25, 0.3) is 11.7 Å². The van der Waals surface area contributed by atoms with Crippen LogP contribution in [0, 0.1) is 10.1 Å². The molecule has 1 aromatic heterocycles. The minimum Gasteiger partial charge on any atom is -0.479 e. The molecule has 3 rings (SSSR count). The first kappa shape index (κ1) is 16.4. The van der Waals surface area contributed by atoms with E-state index in [4.69, 9.17) is 4.74 Å². The van der Waals surface area contributed by atoms with Crippen LogP contribution in [0.15, 0.2) is 42.5 Å². The second kappa shape index (κ2) is 6.19. The number of nitro groups is 1. The minimum absolute atomic E-state index is 0.111. The van der Waals surface area contributed by atoms with Crippen LogP contribution in [0.1, 0.15) is 18.5 Å². The lowest BCUT2D eigenvalue weighted by Gasteiger charge is -2.33. The van der Waals surface area contributed by atoms with Crippen molar-refractivity contribution in [2.24, 2.45) is 0 Å². The molecular formula is C16H13N3O6. The molecule has 128 valence electrons. The Morgan fingerprint density at radius 1 is 1.32 bits per heavy atom. The zero-order valence-electron chi connectivity index (χ0n) is 13.0. The summed E-state index contributed by atoms with van der Waals surface area (Å²) >= 11 is 0. The number of carbonyl (C=O) groups is 2. The molecule has 0 saturated carbocycles. The average Bonchev–Trinajstić information content (AvgIpc) is 2.59. The van der Waals surface area contributed by atoms with Gasteiger partial charge in [-0.15, -0.1) is 0 Å². The maximum Gasteiger partial charge on any atom is 0.366 e. The van der Waals surface area contributed by atoms with Gasteiger partial charge in [-0.2, -0.15) is 0 Å². The van der Waals surface area contributed by atoms with Gasteiger partial charge in [-0.1, -0.05) is 30.3 Å². The highest BCUT2D eigenvalue weighted by Crippen LogP contribution is 2.39. The minimum atomic E-state index is -1.38. The lowest BCUT2D eigenvalue weighted by atomic mass is 10.0. The highest BCUT2D eigenvalue weighted by molar-refractivity contribution is 6.03. The summed E-state index contributed by atoms with van der Waals surface area (Å²) < 4.78 is 5.41. The Bertz CT molecular complexity index is 854. The van der Waals surface area contributed by atoms with Crippen molar-refractivity contribution in [2.45, 2.75) is 19.1 Å². The van der Waals surface area contributed by atoms with Crippen LogP contribution in [0.3, 0.4) is 0 Å². The summed E-state index contributed by atoms with van der Waals surface area (Å²) in [7, 11) is 0. The predicted molar refractivity (Wildman–Crippen MR) is 85.3 cm³/mol. The fourth-order valence-electron chi connectivity index (χ4n) is 2.62. The number of carboxylic acid groups (broad SMARTS) is 1. The molecule has 0 fully saturated rings. The van der Waals surface area contributed by atoms with Gasteiger partial charge in [-0.3, -0.25) is 9.69 Å². The second-order valence-electron chi connectivity index (χ2n) is 5.37. The molecule has 0 spiro atoms. The highest BCUT2D eigenvalue weighted by atomic mass is 16.6. The normalized spacial score (nSPS) is 17.4. The number of amides is 1. The van der Waals surface area contributed by atoms with E-state index in [9.17, 15) is 24.8 Å². The third-order valence-electron chi connectivity index (χ3n) is 3.74. The molecule has 0 aliphatic carbocycles. The van der Waals surface area contributed by atoms with Crippen LogP contribution < -0.4 is 9.64 Å². The van der Waals surface area contributed by atoms with E-state index in [0.717, 1.165) is 11.0 Å². The molecule has 0 bridgehead atoms. The number of ether oxygens (including phenoxy) is 1. The third-order valence-corrected chi connectivity index (χ3v) is 3.74. The number of anilines is 1. The number of rotatable bonds is 4. The number of carboxylic acids is 1. The number of fused-ring (bicyclic) bond motifs is 1. The van der Waals surface area contributed by atoms with Crippen LogP contribution in [0.4, 0.5) is 11.6 Å². The van der Waals surface area contributed by atoms with E-state index < -0.39 is 34.8 Å². The Hall–Kier alpha value is -3.49. The molecule has 1 aromatic carbocycles. The smallest absolute Gasteiger partial charge is 0.366 e. The number of carbonyl (C=O) groups excluding carboxylic acids is 1. The van der Waals surface area contributed by atoms with Gasteiger partial charge in [0.1, 0.15) is 0 Å². The van der Waals surface area contributed by atoms with Crippen molar-refractivity contribution < 1.29 is 24.4 Å². The number of nitrogens with zero attached hydrogens (tertiary/aromatic N) is 3. The molecule has 0 radical (unpaired) electrons. The summed E-state index contributed by atoms with van der Waals surface area (Å²) in [6, 6.07) is 9.17. The maximum atomic E-state index is 12.6. The van der Waals surface area contributed by atoms with E-state index in [1.54, 1.807) is 30.3 Å². The molecule has 2 heterocycles. The number of hydrogen-bond donors (Lipinski definition) is 1. The van der Waals surface area contributed by atoms with Crippen molar-refractivity contribution in [3.8, 4) is 5.75 Å². The summed E-state index contributed by atoms with van der Waals surface area (Å²) in [5.74, 6) is -2.51. The zero-order chi connectivity index (χ0) is 18.1. The van der Waals surface area contributed by atoms with Crippen LogP contribution >= 0.6 is 0 Å². The van der Waals surface area contributed by atoms with Crippen molar-refractivity contribution in [3.63, 3.8) is 0 Å². The van der Waals surface area contributed by atoms with E-state index in [1.807, 2.05) is 0 Å². The monoisotopic (exact) mass is 343 g/mol. The largest absolute Gasteiger partial charge is 0.479 e. The molecule has 1 amide bonds. The SMILES string of the molecule is CC1Oc2ccc([N+](=O)[O-])nc2N(C(C(=O)O)c2ccccc2)C1=O. The van der Waals surface area contributed by atoms with Crippen molar-refractivity contribution in [2.75, 3.05) is 4.90 Å². The van der Waals surface area contributed by atoms with Gasteiger partial charge in [-0.05, 0) is 28.5 Å². The van der Waals surface area contributed by atoms with Gasteiger partial charge in [0.2, 0.25) is 0 Å². The molecule has 2 aromatic rings. The van der Waals surface area contributed by atoms with Crippen molar-refractivity contribution >= 4 is 23.5 Å². The molecule has 9 nitrogen and oxygen atoms in total. The van der Waals surface area contributed by atoms with Crippen molar-refractivity contribution in [3.05, 3.63) is 58.1 Å². The van der Waals surface area contributed by atoms with Crippen LogP contribution in [0.2, 0.25) is 0 Å². The molecular weight excluding hydrogens is 330 g/mol. The van der Waals surface area contributed by atoms with Gasteiger partial charge in [0.05, 0.1) is 0 Å². The Morgan fingerprint density at radius 3 is 2.60 bits per heavy atom. The van der Waals surface area contributed by atoms with Crippen LogP contribution in [0.25, 0.3) is 0 Å². The summed E-state index contributed by atoms with van der Waals surface area (Å²) in [6.07, 6.45) is -0.943. The summed E-state index contributed by atoms with van der Waals surface area (Å²) in [5.41, 5.74) is 0.344. The number of aromatic nitrogens is 1. The molecule has 0 saturated heterocycles. The van der Waals surface area contributed by atoms with E-state index in [0.29, 0.717) is 5.56 Å². The Balaban J connectivity index is 2.19. The second-order valence-corrected chi connectivity index (χ2v) is 5.37. The van der Waals surface area contributed by atoms with Crippen LogP contribution in [0.5, 0.6) is 5.75 Å². The molecule has 2 atom stereocenters. The summed E-state index contributed by atoms with van der Waals surface area (Å²) in [4.78, 5) is 39.5. The van der Waals surface area contributed by atoms with Gasteiger partial charge in [-0.25, -0.2) is 4.79 Å². The zero-order valence-corrected chi connectivity index (χ0v) is 13.0. The van der Waals surface area contributed by atoms with Crippen LogP contribution in [-0.2, 0) is 9.59 Å². The fourth-order valence-corrected chi connectivity index (χ4v) is 2.62. The first-order valence-electron chi connectivity index (χ1n) is 7.33. The molecule has 1 N–H and O–H groups in total. The first-order valence-corrected chi connectivity index (χ1v) is 7.33. The standard InChI is InChI=1S/C16H13N3O6/c1-9-15(20)18(13(16(21)22)10-5-3-2-4-6-10)14-11(25-9)7-8-12(17-14)19(23)24/h2-9,13H,1H3,(H,21,22). The first-order chi connectivity index (χ1) is 11.9. The average molecular weight is 343 g/mol. The fraction of sp³-hybridized carbons (Fsp3) is 0.188. The summed E-state index contributed by atoms with van der Waals surface area (Å²) in [6.45, 7) is 1.48. The highest BCUT2D eigenvalue weighted by Gasteiger charge is 2.44. The van der Waals surface area contributed by atoms with Crippen molar-refractivity contribution in [1.82, 2.24) is 4.98 Å². The number of aliphatic carboxylic acids is 1. The lowest BCUT2D eigenvalue weighted by Crippen LogP contribution is -2.49. The van der Waals surface area contributed by atoms with E-state index >= 15 is 0 Å². The van der Waals surface area contributed by atoms with E-state index in [2.05, 4.69) is 4.98 Å². The molecule has 1 aliphatic rings. The predicted octanol–water partition coefficient (Wildman–Crippen LogP) is 1.93. The molecule has 2 unspecified atom stereocenters. The number of benzene rings is 1. The molecule has 1 aliphatic heterocycles. The molecule has 25 heavy (non-hydrogen) atoms. The number of hydrogen-bond acceptors (Lipinski definition) is 6. The number of pyridine rings is 1. The van der Waals surface area contributed by atoms with E-state index in [-0.39, 0.29) is 11.6 Å². The van der Waals surface area contributed by atoms with Gasteiger partial charge < -0.3 is 20.0 Å². The van der Waals surface area contributed by atoms with Crippen LogP contribution in [-0.4, -0.2) is 33.0 Å². The summed E-state index contributed by atoms with van der Waals surface area (Å²) in [5, 5.41) is 20.7. The maximum absolute atomic E-state index is 12.6. The van der Waals surface area contributed by atoms with Gasteiger partial charge in [0, 0.05) is 6.07 Å². The Kier molecular flexibility index (Phi) is 4.05. The van der Waals surface area contributed by atoms with Gasteiger partial charge in [0.15, 0.2) is 17.9 Å². The van der Waals surface area contributed by atoms with E-state index in [1.165, 1.54) is 13.0 Å². The third kappa shape index (κ3) is 2.87. The van der Waals surface area contributed by atoms with Gasteiger partial charge >= 0.3 is 11.8 Å². The quantitative estimate of drug-likeness (QED) is 0.664. The molecule has 9 heteroatoms. The lowest BCUT2D eigenvalue weighted by molar-refractivity contribution is -0.389. The topological polar surface area (TPSA) is 123 Å².